The molecule has 2 N–H and O–H groups in total. The molecule has 134 valence electrons. The lowest BCUT2D eigenvalue weighted by Crippen LogP contribution is -2.35. The Bertz CT molecular complexity index is 687. The van der Waals surface area contributed by atoms with Gasteiger partial charge in [-0.25, -0.2) is 17.2 Å². The number of sulfonamides is 1. The van der Waals surface area contributed by atoms with Crippen LogP contribution in [0.3, 0.4) is 0 Å². The summed E-state index contributed by atoms with van der Waals surface area (Å²) in [5.41, 5.74) is 0. The summed E-state index contributed by atoms with van der Waals surface area (Å²) in [6, 6.07) is 2.55. The highest BCUT2D eigenvalue weighted by Crippen LogP contribution is 2.17. The van der Waals surface area contributed by atoms with Crippen LogP contribution in [0.2, 0.25) is 0 Å². The van der Waals surface area contributed by atoms with Crippen molar-refractivity contribution in [1.82, 2.24) is 10.0 Å². The molecular formula is C14H18F2N2O5S. The van der Waals surface area contributed by atoms with Crippen molar-refractivity contribution in [3.05, 3.63) is 29.8 Å². The third-order valence-corrected chi connectivity index (χ3v) is 4.12. The molecule has 0 radical (unpaired) electrons. The number of amides is 1. The first kappa shape index (κ1) is 20.0. The van der Waals surface area contributed by atoms with E-state index in [9.17, 15) is 26.8 Å². The van der Waals surface area contributed by atoms with Gasteiger partial charge in [0.2, 0.25) is 10.0 Å². The van der Waals surface area contributed by atoms with Crippen LogP contribution in [-0.2, 0) is 24.3 Å². The molecule has 7 nitrogen and oxygen atoms in total. The molecule has 24 heavy (non-hydrogen) atoms. The Morgan fingerprint density at radius 3 is 2.33 bits per heavy atom. The van der Waals surface area contributed by atoms with Gasteiger partial charge in [0, 0.05) is 6.54 Å². The molecule has 0 atom stereocenters. The smallest absolute Gasteiger partial charge is 0.321 e. The maximum absolute atomic E-state index is 13.4. The fourth-order valence-electron chi connectivity index (χ4n) is 1.53. The largest absolute Gasteiger partial charge is 0.455 e. The molecule has 0 bridgehead atoms. The summed E-state index contributed by atoms with van der Waals surface area (Å²) in [7, 11) is -4.58. The molecule has 1 aromatic carbocycles. The molecule has 0 unspecified atom stereocenters. The second kappa shape index (κ2) is 8.69. The zero-order valence-electron chi connectivity index (χ0n) is 13.1. The van der Waals surface area contributed by atoms with Crippen molar-refractivity contribution in [2.75, 3.05) is 19.7 Å². The van der Waals surface area contributed by atoms with Gasteiger partial charge in [0.05, 0.1) is 0 Å². The van der Waals surface area contributed by atoms with E-state index in [1.807, 2.05) is 13.8 Å². The molecule has 0 fully saturated rings. The Morgan fingerprint density at radius 2 is 1.79 bits per heavy atom. The molecule has 1 aromatic rings. The monoisotopic (exact) mass is 364 g/mol. The van der Waals surface area contributed by atoms with E-state index in [0.29, 0.717) is 6.54 Å². The average Bonchev–Trinajstić information content (AvgIpc) is 2.48. The fourth-order valence-corrected chi connectivity index (χ4v) is 2.63. The average molecular weight is 364 g/mol. The number of carbonyl (C=O) groups is 2. The van der Waals surface area contributed by atoms with Gasteiger partial charge >= 0.3 is 5.97 Å². The van der Waals surface area contributed by atoms with Crippen molar-refractivity contribution in [2.24, 2.45) is 5.92 Å². The predicted octanol–water partition coefficient (Wildman–Crippen LogP) is 0.558. The molecule has 1 rings (SSSR count). The van der Waals surface area contributed by atoms with Gasteiger partial charge < -0.3 is 10.1 Å². The predicted molar refractivity (Wildman–Crippen MR) is 80.4 cm³/mol. The number of hydrogen-bond donors (Lipinski definition) is 2. The van der Waals surface area contributed by atoms with E-state index >= 15 is 0 Å². The highest BCUT2D eigenvalue weighted by molar-refractivity contribution is 7.89. The summed E-state index contributed by atoms with van der Waals surface area (Å²) in [4.78, 5) is 21.6. The molecule has 1 amide bonds. The first-order valence-corrected chi connectivity index (χ1v) is 8.47. The van der Waals surface area contributed by atoms with Gasteiger partial charge in [0.15, 0.2) is 11.5 Å². The van der Waals surface area contributed by atoms with Crippen molar-refractivity contribution in [3.63, 3.8) is 0 Å². The summed E-state index contributed by atoms with van der Waals surface area (Å²) < 4.78 is 56.8. The minimum Gasteiger partial charge on any atom is -0.455 e. The third kappa shape index (κ3) is 6.20. The Hall–Kier alpha value is -2.07. The van der Waals surface area contributed by atoms with Crippen molar-refractivity contribution in [2.45, 2.75) is 18.7 Å². The van der Waals surface area contributed by atoms with Gasteiger partial charge in [-0.05, 0) is 18.1 Å². The number of benzene rings is 1. The summed E-state index contributed by atoms with van der Waals surface area (Å²) >= 11 is 0. The third-order valence-electron chi connectivity index (χ3n) is 2.67. The summed E-state index contributed by atoms with van der Waals surface area (Å²) in [6.45, 7) is 2.70. The number of carbonyl (C=O) groups excluding carboxylic acids is 2. The maximum atomic E-state index is 13.4. The van der Waals surface area contributed by atoms with E-state index < -0.39 is 51.6 Å². The van der Waals surface area contributed by atoms with Crippen LogP contribution in [0.4, 0.5) is 8.78 Å². The van der Waals surface area contributed by atoms with Crippen LogP contribution in [-0.4, -0.2) is 40.0 Å². The van der Waals surface area contributed by atoms with E-state index in [0.717, 1.165) is 18.2 Å². The SMILES string of the molecule is CC(C)CNC(=O)COC(=O)CNS(=O)(=O)c1c(F)cccc1F. The summed E-state index contributed by atoms with van der Waals surface area (Å²) in [6.07, 6.45) is 0. The number of hydrogen-bond acceptors (Lipinski definition) is 5. The zero-order valence-corrected chi connectivity index (χ0v) is 14.0. The van der Waals surface area contributed by atoms with Crippen LogP contribution in [0.25, 0.3) is 0 Å². The summed E-state index contributed by atoms with van der Waals surface area (Å²) in [5.74, 6) is -3.96. The van der Waals surface area contributed by atoms with Crippen molar-refractivity contribution >= 4 is 21.9 Å². The zero-order chi connectivity index (χ0) is 18.3. The highest BCUT2D eigenvalue weighted by Gasteiger charge is 2.24. The molecule has 0 aliphatic heterocycles. The lowest BCUT2D eigenvalue weighted by molar-refractivity contribution is -0.147. The van der Waals surface area contributed by atoms with Crippen LogP contribution < -0.4 is 10.0 Å². The van der Waals surface area contributed by atoms with Crippen LogP contribution in [0.1, 0.15) is 13.8 Å². The van der Waals surface area contributed by atoms with Crippen LogP contribution in [0, 0.1) is 17.6 Å². The quantitative estimate of drug-likeness (QED) is 0.657. The molecule has 0 aromatic heterocycles. The second-order valence-electron chi connectivity index (χ2n) is 5.23. The van der Waals surface area contributed by atoms with E-state index in [2.05, 4.69) is 10.1 Å². The lowest BCUT2D eigenvalue weighted by atomic mass is 10.2. The number of halogens is 2. The first-order valence-electron chi connectivity index (χ1n) is 6.99. The topological polar surface area (TPSA) is 102 Å². The number of ether oxygens (including phenoxy) is 1. The Kier molecular flexibility index (Phi) is 7.23. The Labute approximate surface area is 138 Å². The van der Waals surface area contributed by atoms with E-state index in [-0.39, 0.29) is 5.92 Å². The molecule has 0 aliphatic carbocycles. The van der Waals surface area contributed by atoms with Gasteiger partial charge in [-0.2, -0.15) is 4.72 Å². The lowest BCUT2D eigenvalue weighted by Gasteiger charge is -2.10. The first-order chi connectivity index (χ1) is 11.1. The van der Waals surface area contributed by atoms with Gasteiger partial charge in [0.1, 0.15) is 18.2 Å². The van der Waals surface area contributed by atoms with Gasteiger partial charge in [-0.1, -0.05) is 19.9 Å². The Morgan fingerprint density at radius 1 is 1.21 bits per heavy atom. The number of rotatable bonds is 8. The maximum Gasteiger partial charge on any atom is 0.321 e. The van der Waals surface area contributed by atoms with Crippen LogP contribution in [0.15, 0.2) is 23.1 Å². The molecule has 0 saturated carbocycles. The van der Waals surface area contributed by atoms with Crippen LogP contribution in [0.5, 0.6) is 0 Å². The van der Waals surface area contributed by atoms with Crippen molar-refractivity contribution < 1.29 is 31.5 Å². The second-order valence-corrected chi connectivity index (χ2v) is 6.94. The van der Waals surface area contributed by atoms with E-state index in [1.165, 1.54) is 0 Å². The highest BCUT2D eigenvalue weighted by atomic mass is 32.2. The molecule has 0 heterocycles. The molecule has 0 spiro atoms. The fraction of sp³-hybridized carbons (Fsp3) is 0.429. The molecular weight excluding hydrogens is 346 g/mol. The molecule has 10 heteroatoms. The number of esters is 1. The Balaban J connectivity index is 2.53. The number of nitrogens with one attached hydrogen (secondary N) is 2. The minimum absolute atomic E-state index is 0.215. The minimum atomic E-state index is -4.58. The van der Waals surface area contributed by atoms with Gasteiger partial charge in [0.25, 0.3) is 5.91 Å². The van der Waals surface area contributed by atoms with Gasteiger partial charge in [-0.3, -0.25) is 9.59 Å². The molecule has 0 aliphatic rings. The normalized spacial score (nSPS) is 11.4. The van der Waals surface area contributed by atoms with Crippen molar-refractivity contribution in [3.8, 4) is 0 Å². The summed E-state index contributed by atoms with van der Waals surface area (Å²) in [5, 5.41) is 2.50. The molecule has 0 saturated heterocycles. The van der Waals surface area contributed by atoms with E-state index in [4.69, 9.17) is 0 Å². The van der Waals surface area contributed by atoms with Gasteiger partial charge in [-0.15, -0.1) is 0 Å². The van der Waals surface area contributed by atoms with Crippen LogP contribution >= 0.6 is 0 Å². The van der Waals surface area contributed by atoms with E-state index in [1.54, 1.807) is 4.72 Å². The van der Waals surface area contributed by atoms with Crippen molar-refractivity contribution in [1.29, 1.82) is 0 Å². The standard InChI is InChI=1S/C14H18F2N2O5S/c1-9(2)6-17-12(19)8-23-13(20)7-18-24(21,22)14-10(15)4-3-5-11(14)16/h3-5,9,18H,6-8H2,1-2H3,(H,17,19).